The van der Waals surface area contributed by atoms with E-state index in [2.05, 4.69) is 5.32 Å². The van der Waals surface area contributed by atoms with Crippen LogP contribution in [0.4, 0.5) is 11.4 Å². The molecule has 2 aromatic rings. The Balaban J connectivity index is 2.18. The second kappa shape index (κ2) is 7.26. The van der Waals surface area contributed by atoms with Crippen molar-refractivity contribution in [2.24, 2.45) is 0 Å². The summed E-state index contributed by atoms with van der Waals surface area (Å²) in [7, 11) is 0. The number of anilines is 1. The Kier molecular flexibility index (Phi) is 5.36. The second-order valence-electron chi connectivity index (χ2n) is 4.71. The number of carbonyl (C=O) groups is 1. The Morgan fingerprint density at radius 2 is 1.87 bits per heavy atom. The van der Waals surface area contributed by atoms with Gasteiger partial charge in [-0.05, 0) is 30.7 Å². The molecule has 0 fully saturated rings. The summed E-state index contributed by atoms with van der Waals surface area (Å²) in [6.07, 6.45) is 2.76. The summed E-state index contributed by atoms with van der Waals surface area (Å²) < 4.78 is 0. The molecule has 0 aliphatic heterocycles. The number of amides is 1. The van der Waals surface area contributed by atoms with Crippen LogP contribution in [0.1, 0.15) is 11.1 Å². The number of nitrogens with zero attached hydrogens (tertiary/aromatic N) is 1. The zero-order valence-electron chi connectivity index (χ0n) is 12.0. The third kappa shape index (κ3) is 4.31. The molecule has 0 aliphatic rings. The first-order valence-corrected chi connectivity index (χ1v) is 7.32. The van der Waals surface area contributed by atoms with Crippen molar-refractivity contribution >= 4 is 46.6 Å². The van der Waals surface area contributed by atoms with Crippen molar-refractivity contribution in [2.45, 2.75) is 6.92 Å². The summed E-state index contributed by atoms with van der Waals surface area (Å²) in [5, 5.41) is 14.2. The quantitative estimate of drug-likeness (QED) is 0.486. The number of carbonyl (C=O) groups excluding carboxylic acids is 1. The van der Waals surface area contributed by atoms with Crippen molar-refractivity contribution < 1.29 is 9.72 Å². The Hall–Kier alpha value is -2.37. The van der Waals surface area contributed by atoms with Crippen LogP contribution in [0.5, 0.6) is 0 Å². The minimum absolute atomic E-state index is 0.0935. The zero-order valence-corrected chi connectivity index (χ0v) is 13.6. The molecule has 1 amide bonds. The van der Waals surface area contributed by atoms with Crippen LogP contribution in [0.15, 0.2) is 42.5 Å². The van der Waals surface area contributed by atoms with E-state index in [0.29, 0.717) is 26.9 Å². The number of aryl methyl sites for hydroxylation is 1. The Labute approximate surface area is 142 Å². The number of hydrogen-bond donors (Lipinski definition) is 1. The van der Waals surface area contributed by atoms with Crippen LogP contribution in [0.2, 0.25) is 10.0 Å². The van der Waals surface area contributed by atoms with Crippen molar-refractivity contribution in [3.8, 4) is 0 Å². The van der Waals surface area contributed by atoms with E-state index in [-0.39, 0.29) is 5.69 Å². The number of hydrogen-bond acceptors (Lipinski definition) is 3. The Bertz CT molecular complexity index is 784. The van der Waals surface area contributed by atoms with Gasteiger partial charge in [-0.25, -0.2) is 0 Å². The van der Waals surface area contributed by atoms with Gasteiger partial charge in [-0.3, -0.25) is 14.9 Å². The number of halogens is 2. The maximum Gasteiger partial charge on any atom is 0.271 e. The first-order valence-electron chi connectivity index (χ1n) is 6.56. The van der Waals surface area contributed by atoms with E-state index < -0.39 is 10.8 Å². The van der Waals surface area contributed by atoms with Crippen LogP contribution in [0.3, 0.4) is 0 Å². The molecule has 0 aliphatic carbocycles. The maximum absolute atomic E-state index is 12.0. The molecule has 2 rings (SSSR count). The fourth-order valence-electron chi connectivity index (χ4n) is 1.86. The van der Waals surface area contributed by atoms with Crippen LogP contribution in [-0.4, -0.2) is 10.8 Å². The summed E-state index contributed by atoms with van der Waals surface area (Å²) >= 11 is 12.0. The van der Waals surface area contributed by atoms with Gasteiger partial charge in [-0.15, -0.1) is 0 Å². The number of benzene rings is 2. The van der Waals surface area contributed by atoms with Gasteiger partial charge in [0, 0.05) is 33.8 Å². The van der Waals surface area contributed by atoms with E-state index in [4.69, 9.17) is 23.2 Å². The van der Waals surface area contributed by atoms with Gasteiger partial charge < -0.3 is 5.32 Å². The Morgan fingerprint density at radius 1 is 1.22 bits per heavy atom. The van der Waals surface area contributed by atoms with Gasteiger partial charge in [-0.1, -0.05) is 35.3 Å². The molecule has 0 heterocycles. The molecule has 2 aromatic carbocycles. The molecule has 0 spiro atoms. The molecule has 0 saturated carbocycles. The van der Waals surface area contributed by atoms with Crippen LogP contribution in [-0.2, 0) is 4.79 Å². The van der Waals surface area contributed by atoms with Gasteiger partial charge in [0.05, 0.1) is 10.6 Å². The molecular weight excluding hydrogens is 339 g/mol. The summed E-state index contributed by atoms with van der Waals surface area (Å²) in [4.78, 5) is 22.3. The van der Waals surface area contributed by atoms with E-state index >= 15 is 0 Å². The molecule has 1 N–H and O–H groups in total. The molecule has 0 saturated heterocycles. The van der Waals surface area contributed by atoms with Crippen molar-refractivity contribution in [1.29, 1.82) is 0 Å². The second-order valence-corrected chi connectivity index (χ2v) is 5.53. The lowest BCUT2D eigenvalue weighted by molar-refractivity contribution is -0.384. The highest BCUT2D eigenvalue weighted by Gasteiger charge is 2.10. The summed E-state index contributed by atoms with van der Waals surface area (Å²) in [5.74, 6) is -0.440. The molecule has 23 heavy (non-hydrogen) atoms. The van der Waals surface area contributed by atoms with Gasteiger partial charge in [0.25, 0.3) is 5.69 Å². The van der Waals surface area contributed by atoms with Crippen molar-refractivity contribution in [2.75, 3.05) is 5.32 Å². The molecule has 118 valence electrons. The zero-order chi connectivity index (χ0) is 17.0. The average molecular weight is 351 g/mol. The molecule has 0 aromatic heterocycles. The predicted molar refractivity (Wildman–Crippen MR) is 92.0 cm³/mol. The Morgan fingerprint density at radius 3 is 2.48 bits per heavy atom. The highest BCUT2D eigenvalue weighted by molar-refractivity contribution is 6.37. The minimum atomic E-state index is -0.519. The number of rotatable bonds is 4. The highest BCUT2D eigenvalue weighted by Crippen LogP contribution is 2.26. The number of non-ortho nitro benzene ring substituents is 1. The van der Waals surface area contributed by atoms with Gasteiger partial charge in [0.1, 0.15) is 0 Å². The van der Waals surface area contributed by atoms with Crippen molar-refractivity contribution in [3.05, 3.63) is 73.8 Å². The minimum Gasteiger partial charge on any atom is -0.322 e. The average Bonchev–Trinajstić information content (AvgIpc) is 2.48. The number of nitro benzene ring substituents is 1. The summed E-state index contributed by atoms with van der Waals surface area (Å²) in [5.41, 5.74) is 1.53. The van der Waals surface area contributed by atoms with E-state index in [1.807, 2.05) is 0 Å². The van der Waals surface area contributed by atoms with Gasteiger partial charge in [0.2, 0.25) is 5.91 Å². The molecule has 0 atom stereocenters. The third-order valence-electron chi connectivity index (χ3n) is 3.09. The molecular formula is C16H12Cl2N2O3. The molecule has 0 unspecified atom stereocenters. The van der Waals surface area contributed by atoms with Crippen LogP contribution < -0.4 is 5.32 Å². The first kappa shape index (κ1) is 17.0. The van der Waals surface area contributed by atoms with E-state index in [1.54, 1.807) is 31.2 Å². The van der Waals surface area contributed by atoms with E-state index in [1.165, 1.54) is 24.3 Å². The first-order chi connectivity index (χ1) is 10.9. The lowest BCUT2D eigenvalue weighted by Crippen LogP contribution is -2.09. The topological polar surface area (TPSA) is 72.2 Å². The normalized spacial score (nSPS) is 10.7. The summed E-state index contributed by atoms with van der Waals surface area (Å²) in [6.45, 7) is 1.74. The molecule has 7 heteroatoms. The monoisotopic (exact) mass is 350 g/mol. The third-order valence-corrected chi connectivity index (χ3v) is 3.75. The van der Waals surface area contributed by atoms with E-state index in [0.717, 1.165) is 0 Å². The number of nitro groups is 1. The van der Waals surface area contributed by atoms with Crippen LogP contribution in [0.25, 0.3) is 6.08 Å². The van der Waals surface area contributed by atoms with E-state index in [9.17, 15) is 14.9 Å². The number of nitrogens with one attached hydrogen (secondary N) is 1. The predicted octanol–water partition coefficient (Wildman–Crippen LogP) is 4.86. The fourth-order valence-corrected chi connectivity index (χ4v) is 2.39. The standard InChI is InChI=1S/C16H12Cl2N2O3/c1-10-5-6-11(20(22)23)9-15(10)19-16(21)8-7-12-13(17)3-2-4-14(12)18/h2-9H,1H3,(H,19,21). The summed E-state index contributed by atoms with van der Waals surface area (Å²) in [6, 6.07) is 9.29. The lowest BCUT2D eigenvalue weighted by Gasteiger charge is -2.06. The van der Waals surface area contributed by atoms with Gasteiger partial charge in [0.15, 0.2) is 0 Å². The van der Waals surface area contributed by atoms with Gasteiger partial charge in [-0.2, -0.15) is 0 Å². The molecule has 0 radical (unpaired) electrons. The van der Waals surface area contributed by atoms with Crippen molar-refractivity contribution in [3.63, 3.8) is 0 Å². The van der Waals surface area contributed by atoms with Crippen LogP contribution in [0, 0.1) is 17.0 Å². The molecule has 0 bridgehead atoms. The largest absolute Gasteiger partial charge is 0.322 e. The SMILES string of the molecule is Cc1ccc([N+](=O)[O-])cc1NC(=O)C=Cc1c(Cl)cccc1Cl. The maximum atomic E-state index is 12.0. The highest BCUT2D eigenvalue weighted by atomic mass is 35.5. The fraction of sp³-hybridized carbons (Fsp3) is 0.0625. The van der Waals surface area contributed by atoms with Gasteiger partial charge >= 0.3 is 0 Å². The van der Waals surface area contributed by atoms with Crippen molar-refractivity contribution in [1.82, 2.24) is 0 Å². The smallest absolute Gasteiger partial charge is 0.271 e. The lowest BCUT2D eigenvalue weighted by atomic mass is 10.1. The van der Waals surface area contributed by atoms with Crippen LogP contribution >= 0.6 is 23.2 Å². The molecule has 5 nitrogen and oxygen atoms in total.